The van der Waals surface area contributed by atoms with Crippen LogP contribution in [-0.4, -0.2) is 41.2 Å². The molecule has 2 fully saturated rings. The van der Waals surface area contributed by atoms with Crippen LogP contribution < -0.4 is 0 Å². The number of pyridine rings is 1. The van der Waals surface area contributed by atoms with Gasteiger partial charge in [-0.25, -0.2) is 4.98 Å². The van der Waals surface area contributed by atoms with E-state index in [0.717, 1.165) is 11.3 Å². The molecule has 0 unspecified atom stereocenters. The van der Waals surface area contributed by atoms with E-state index in [2.05, 4.69) is 0 Å². The van der Waals surface area contributed by atoms with E-state index in [1.807, 2.05) is 64.1 Å². The second kappa shape index (κ2) is 5.94. The van der Waals surface area contributed by atoms with Gasteiger partial charge in [0.1, 0.15) is 18.3 Å². The van der Waals surface area contributed by atoms with Crippen LogP contribution in [0.3, 0.4) is 0 Å². The second-order valence-electron chi connectivity index (χ2n) is 8.39. The summed E-state index contributed by atoms with van der Waals surface area (Å²) in [5.41, 5.74) is 3.61. The van der Waals surface area contributed by atoms with Crippen LogP contribution >= 0.6 is 0 Å². The molecule has 0 bridgehead atoms. The first-order chi connectivity index (χ1) is 13.2. The minimum absolute atomic E-state index is 0.0133. The van der Waals surface area contributed by atoms with E-state index >= 15 is 0 Å². The highest BCUT2D eigenvalue weighted by Crippen LogP contribution is 2.44. The molecular formula is C22H23NO5. The third-order valence-electron chi connectivity index (χ3n) is 5.41. The van der Waals surface area contributed by atoms with Gasteiger partial charge in [-0.1, -0.05) is 24.3 Å². The highest BCUT2D eigenvalue weighted by Gasteiger charge is 2.51. The van der Waals surface area contributed by atoms with Gasteiger partial charge < -0.3 is 18.9 Å². The van der Waals surface area contributed by atoms with Crippen LogP contribution in [0.2, 0.25) is 0 Å². The molecule has 0 N–H and O–H groups in total. The third kappa shape index (κ3) is 2.79. The van der Waals surface area contributed by atoms with Crippen molar-refractivity contribution in [2.24, 2.45) is 0 Å². The zero-order chi connectivity index (χ0) is 19.7. The number of hydrogen-bond acceptors (Lipinski definition) is 6. The summed E-state index contributed by atoms with van der Waals surface area (Å²) < 4.78 is 24.1. The molecule has 2 saturated heterocycles. The molecule has 3 atom stereocenters. The normalized spacial score (nSPS) is 29.7. The largest absolute Gasteiger partial charge is 0.348 e. The maximum absolute atomic E-state index is 12.6. The van der Waals surface area contributed by atoms with Gasteiger partial charge in [0.05, 0.1) is 18.0 Å². The molecule has 0 radical (unpaired) electrons. The van der Waals surface area contributed by atoms with Crippen LogP contribution in [-0.2, 0) is 18.9 Å². The molecule has 3 aliphatic rings. The smallest absolute Gasteiger partial charge is 0.195 e. The van der Waals surface area contributed by atoms with Crippen molar-refractivity contribution in [1.29, 1.82) is 0 Å². The lowest BCUT2D eigenvalue weighted by atomic mass is 10.0. The highest BCUT2D eigenvalue weighted by molar-refractivity contribution is 6.20. The van der Waals surface area contributed by atoms with Crippen molar-refractivity contribution in [2.75, 3.05) is 6.61 Å². The average molecular weight is 381 g/mol. The number of aromatic nitrogens is 1. The molecule has 2 aliphatic heterocycles. The lowest BCUT2D eigenvalue weighted by Crippen LogP contribution is -2.35. The lowest BCUT2D eigenvalue weighted by molar-refractivity contribution is -0.174. The van der Waals surface area contributed by atoms with Gasteiger partial charge in [0.2, 0.25) is 0 Å². The highest BCUT2D eigenvalue weighted by atomic mass is 16.8. The molecule has 0 amide bonds. The number of benzene rings is 1. The van der Waals surface area contributed by atoms with Crippen molar-refractivity contribution < 1.29 is 23.7 Å². The first kappa shape index (κ1) is 17.9. The summed E-state index contributed by atoms with van der Waals surface area (Å²) in [6, 6.07) is 11.2. The third-order valence-corrected chi connectivity index (χ3v) is 5.41. The summed E-state index contributed by atoms with van der Waals surface area (Å²) in [6.45, 7) is 7.97. The van der Waals surface area contributed by atoms with Gasteiger partial charge in [0.25, 0.3) is 0 Å². The molecule has 2 aromatic rings. The predicted molar refractivity (Wildman–Crippen MR) is 101 cm³/mol. The van der Waals surface area contributed by atoms with Crippen molar-refractivity contribution in [3.05, 3.63) is 53.2 Å². The van der Waals surface area contributed by atoms with Gasteiger partial charge in [-0.2, -0.15) is 0 Å². The quantitative estimate of drug-likeness (QED) is 0.675. The van der Waals surface area contributed by atoms with Crippen molar-refractivity contribution in [3.8, 4) is 11.3 Å². The number of rotatable bonds is 2. The summed E-state index contributed by atoms with van der Waals surface area (Å²) in [5, 5.41) is 0. The molecule has 28 heavy (non-hydrogen) atoms. The van der Waals surface area contributed by atoms with Crippen LogP contribution in [0.15, 0.2) is 36.4 Å². The molecular weight excluding hydrogens is 358 g/mol. The van der Waals surface area contributed by atoms with E-state index in [1.165, 1.54) is 0 Å². The monoisotopic (exact) mass is 381 g/mol. The standard InChI is InChI=1S/C22H23NO5/c1-21(2)25-11-16(26-21)20-19(27-22(3,4)28-20)15-10-9-14-17(23-15)12-7-5-6-8-13(12)18(14)24/h5-10,16,19-20H,11H2,1-4H3/t16-,19-,20-/m0/s1. The van der Waals surface area contributed by atoms with Gasteiger partial charge in [-0.05, 0) is 39.8 Å². The molecule has 5 rings (SSSR count). The number of ether oxygens (including phenoxy) is 4. The molecule has 3 heterocycles. The van der Waals surface area contributed by atoms with E-state index in [0.29, 0.717) is 23.4 Å². The first-order valence-electron chi connectivity index (χ1n) is 9.57. The fourth-order valence-corrected chi connectivity index (χ4v) is 4.22. The summed E-state index contributed by atoms with van der Waals surface area (Å²) in [7, 11) is 0. The molecule has 0 saturated carbocycles. The van der Waals surface area contributed by atoms with E-state index in [1.54, 1.807) is 0 Å². The Bertz CT molecular complexity index is 967. The lowest BCUT2D eigenvalue weighted by Gasteiger charge is -2.23. The van der Waals surface area contributed by atoms with Crippen LogP contribution in [0, 0.1) is 0 Å². The summed E-state index contributed by atoms with van der Waals surface area (Å²) in [4.78, 5) is 17.5. The molecule has 1 aliphatic carbocycles. The van der Waals surface area contributed by atoms with Gasteiger partial charge in [-0.3, -0.25) is 4.79 Å². The van der Waals surface area contributed by atoms with Crippen molar-refractivity contribution >= 4 is 5.78 Å². The van der Waals surface area contributed by atoms with Crippen LogP contribution in [0.5, 0.6) is 0 Å². The van der Waals surface area contributed by atoms with E-state index in [9.17, 15) is 4.79 Å². The average Bonchev–Trinajstić information content (AvgIpc) is 3.27. The van der Waals surface area contributed by atoms with Crippen LogP contribution in [0.4, 0.5) is 0 Å². The fourth-order valence-electron chi connectivity index (χ4n) is 4.22. The van der Waals surface area contributed by atoms with Gasteiger partial charge in [-0.15, -0.1) is 0 Å². The molecule has 0 spiro atoms. The Morgan fingerprint density at radius 1 is 0.893 bits per heavy atom. The summed E-state index contributed by atoms with van der Waals surface area (Å²) in [6.07, 6.45) is -1.02. The SMILES string of the molecule is CC1(C)OC[C@@H]([C@@H]2OC(C)(C)O[C@H]2c2ccc3c(n2)-c2ccccc2C3=O)O1. The molecule has 1 aromatic carbocycles. The molecule has 6 heteroatoms. The molecule has 146 valence electrons. The van der Waals surface area contributed by atoms with Crippen LogP contribution in [0.25, 0.3) is 11.3 Å². The summed E-state index contributed by atoms with van der Waals surface area (Å²) >= 11 is 0. The van der Waals surface area contributed by atoms with Crippen molar-refractivity contribution in [1.82, 2.24) is 4.98 Å². The minimum atomic E-state index is -0.764. The Morgan fingerprint density at radius 2 is 1.64 bits per heavy atom. The Kier molecular flexibility index (Phi) is 3.81. The number of ketones is 1. The molecule has 6 nitrogen and oxygen atoms in total. The maximum atomic E-state index is 12.6. The number of nitrogens with zero attached hydrogens (tertiary/aromatic N) is 1. The number of carbonyl (C=O) groups is 1. The van der Waals surface area contributed by atoms with Gasteiger partial charge in [0, 0.05) is 16.7 Å². The van der Waals surface area contributed by atoms with E-state index in [4.69, 9.17) is 23.9 Å². The Morgan fingerprint density at radius 3 is 2.36 bits per heavy atom. The zero-order valence-corrected chi connectivity index (χ0v) is 16.4. The number of hydrogen-bond donors (Lipinski definition) is 0. The predicted octanol–water partition coefficient (Wildman–Crippen LogP) is 3.64. The fraction of sp³-hybridized carbons (Fsp3) is 0.455. The molecule has 1 aromatic heterocycles. The van der Waals surface area contributed by atoms with Gasteiger partial charge >= 0.3 is 0 Å². The Hall–Kier alpha value is -2.12. The first-order valence-corrected chi connectivity index (χ1v) is 9.57. The zero-order valence-electron chi connectivity index (χ0n) is 16.4. The van der Waals surface area contributed by atoms with Crippen molar-refractivity contribution in [2.45, 2.75) is 57.6 Å². The van der Waals surface area contributed by atoms with Gasteiger partial charge in [0.15, 0.2) is 17.4 Å². The Labute approximate surface area is 163 Å². The Balaban J connectivity index is 1.53. The van der Waals surface area contributed by atoms with Crippen molar-refractivity contribution in [3.63, 3.8) is 0 Å². The number of carbonyl (C=O) groups excluding carboxylic acids is 1. The number of fused-ring (bicyclic) bond motifs is 3. The van der Waals surface area contributed by atoms with Crippen LogP contribution in [0.1, 0.15) is 55.4 Å². The second-order valence-corrected chi connectivity index (χ2v) is 8.39. The minimum Gasteiger partial charge on any atom is -0.348 e. The maximum Gasteiger partial charge on any atom is 0.195 e. The van der Waals surface area contributed by atoms with E-state index < -0.39 is 17.7 Å². The summed E-state index contributed by atoms with van der Waals surface area (Å²) in [5.74, 6) is -1.40. The topological polar surface area (TPSA) is 66.9 Å². The van der Waals surface area contributed by atoms with E-state index in [-0.39, 0.29) is 18.0 Å².